The molecule has 0 heterocycles. The first-order valence-corrected chi connectivity index (χ1v) is 4.95. The molecule has 4 nitrogen and oxygen atoms in total. The van der Waals surface area contributed by atoms with Crippen LogP contribution in [0.2, 0.25) is 5.02 Å². The standard InChI is InChI=1S/C10H12ClFN2O2/c1-14-9(8(13)10(15)16)5-2-3-7(12)6(11)4-5/h2-4,8-9,14H,13H2,1H3,(H,15,16). The Bertz CT molecular complexity index is 400. The van der Waals surface area contributed by atoms with Crippen molar-refractivity contribution >= 4 is 17.6 Å². The molecule has 16 heavy (non-hydrogen) atoms. The zero-order chi connectivity index (χ0) is 12.3. The third kappa shape index (κ3) is 2.69. The lowest BCUT2D eigenvalue weighted by Gasteiger charge is -2.20. The van der Waals surface area contributed by atoms with Crippen molar-refractivity contribution in [2.75, 3.05) is 7.05 Å². The highest BCUT2D eigenvalue weighted by molar-refractivity contribution is 6.30. The number of carbonyl (C=O) groups is 1. The average molecular weight is 247 g/mol. The van der Waals surface area contributed by atoms with Crippen LogP contribution in [0.3, 0.4) is 0 Å². The van der Waals surface area contributed by atoms with Gasteiger partial charge in [0.15, 0.2) is 0 Å². The van der Waals surface area contributed by atoms with Crippen molar-refractivity contribution in [2.45, 2.75) is 12.1 Å². The number of benzene rings is 1. The van der Waals surface area contributed by atoms with E-state index in [1.807, 2.05) is 0 Å². The number of carboxylic acids is 1. The number of halogens is 2. The number of rotatable bonds is 4. The van der Waals surface area contributed by atoms with Crippen LogP contribution in [0.1, 0.15) is 11.6 Å². The second-order valence-corrected chi connectivity index (χ2v) is 3.71. The van der Waals surface area contributed by atoms with Crippen LogP contribution in [0, 0.1) is 5.82 Å². The molecule has 0 aliphatic heterocycles. The summed E-state index contributed by atoms with van der Waals surface area (Å²) in [6, 6.07) is 2.25. The Morgan fingerprint density at radius 3 is 2.69 bits per heavy atom. The molecule has 0 bridgehead atoms. The molecule has 0 spiro atoms. The van der Waals surface area contributed by atoms with Crippen LogP contribution in [0.4, 0.5) is 4.39 Å². The van der Waals surface area contributed by atoms with Gasteiger partial charge in [-0.2, -0.15) is 0 Å². The van der Waals surface area contributed by atoms with E-state index in [0.29, 0.717) is 5.56 Å². The van der Waals surface area contributed by atoms with E-state index < -0.39 is 23.9 Å². The normalized spacial score (nSPS) is 14.5. The Balaban J connectivity index is 3.04. The molecule has 0 aromatic heterocycles. The number of aliphatic carboxylic acids is 1. The molecule has 0 amide bonds. The first-order chi connectivity index (χ1) is 7.47. The minimum Gasteiger partial charge on any atom is -0.480 e. The molecule has 0 saturated heterocycles. The summed E-state index contributed by atoms with van der Waals surface area (Å²) in [6.07, 6.45) is 0. The molecule has 4 N–H and O–H groups in total. The molecular weight excluding hydrogens is 235 g/mol. The van der Waals surface area contributed by atoms with E-state index in [0.717, 1.165) is 0 Å². The molecule has 0 aliphatic rings. The molecule has 0 aliphatic carbocycles. The zero-order valence-corrected chi connectivity index (χ0v) is 9.33. The van der Waals surface area contributed by atoms with Gasteiger partial charge in [-0.3, -0.25) is 4.79 Å². The minimum absolute atomic E-state index is 0.0599. The highest BCUT2D eigenvalue weighted by atomic mass is 35.5. The summed E-state index contributed by atoms with van der Waals surface area (Å²) in [4.78, 5) is 10.8. The largest absolute Gasteiger partial charge is 0.480 e. The van der Waals surface area contributed by atoms with Crippen LogP contribution in [0.15, 0.2) is 18.2 Å². The number of likely N-dealkylation sites (N-methyl/N-ethyl adjacent to an activating group) is 1. The Morgan fingerprint density at radius 2 is 2.25 bits per heavy atom. The van der Waals surface area contributed by atoms with Crippen LogP contribution in [0.25, 0.3) is 0 Å². The summed E-state index contributed by atoms with van der Waals surface area (Å²) in [6.45, 7) is 0. The van der Waals surface area contributed by atoms with Gasteiger partial charge in [0.1, 0.15) is 11.9 Å². The van der Waals surface area contributed by atoms with E-state index in [2.05, 4.69) is 5.32 Å². The van der Waals surface area contributed by atoms with E-state index in [1.54, 1.807) is 7.05 Å². The first kappa shape index (κ1) is 12.9. The molecule has 2 atom stereocenters. The van der Waals surface area contributed by atoms with Gasteiger partial charge in [-0.15, -0.1) is 0 Å². The number of hydrogen-bond donors (Lipinski definition) is 3. The van der Waals surface area contributed by atoms with Crippen molar-refractivity contribution in [2.24, 2.45) is 5.73 Å². The predicted octanol–water partition coefficient (Wildman–Crippen LogP) is 1.15. The highest BCUT2D eigenvalue weighted by Crippen LogP contribution is 2.22. The van der Waals surface area contributed by atoms with Crippen molar-refractivity contribution in [3.8, 4) is 0 Å². The second-order valence-electron chi connectivity index (χ2n) is 3.30. The fourth-order valence-corrected chi connectivity index (χ4v) is 1.59. The molecule has 1 aromatic rings. The Kier molecular flexibility index (Phi) is 4.23. The predicted molar refractivity (Wildman–Crippen MR) is 58.8 cm³/mol. The van der Waals surface area contributed by atoms with Crippen LogP contribution < -0.4 is 11.1 Å². The number of hydrogen-bond acceptors (Lipinski definition) is 3. The number of carboxylic acid groups (broad SMARTS) is 1. The topological polar surface area (TPSA) is 75.3 Å². The molecule has 88 valence electrons. The number of nitrogens with one attached hydrogen (secondary N) is 1. The molecule has 0 fully saturated rings. The molecule has 1 aromatic carbocycles. The van der Waals surface area contributed by atoms with Crippen LogP contribution in [0.5, 0.6) is 0 Å². The third-order valence-electron chi connectivity index (χ3n) is 2.26. The fraction of sp³-hybridized carbons (Fsp3) is 0.300. The summed E-state index contributed by atoms with van der Waals surface area (Å²) in [5.74, 6) is -1.69. The molecule has 2 unspecified atom stereocenters. The third-order valence-corrected chi connectivity index (χ3v) is 2.55. The quantitative estimate of drug-likeness (QED) is 0.745. The Hall–Kier alpha value is -1.17. The van der Waals surface area contributed by atoms with Crippen molar-refractivity contribution in [1.29, 1.82) is 0 Å². The van der Waals surface area contributed by atoms with Crippen LogP contribution >= 0.6 is 11.6 Å². The van der Waals surface area contributed by atoms with Gasteiger partial charge in [0, 0.05) is 0 Å². The summed E-state index contributed by atoms with van der Waals surface area (Å²) in [5.41, 5.74) is 6.02. The van der Waals surface area contributed by atoms with Crippen molar-refractivity contribution in [3.05, 3.63) is 34.6 Å². The molecular formula is C10H12ClFN2O2. The SMILES string of the molecule is CNC(c1ccc(F)c(Cl)c1)C(N)C(=O)O. The summed E-state index contributed by atoms with van der Waals surface area (Å²) in [7, 11) is 1.57. The smallest absolute Gasteiger partial charge is 0.322 e. The molecule has 0 radical (unpaired) electrons. The maximum Gasteiger partial charge on any atom is 0.322 e. The minimum atomic E-state index is -1.14. The van der Waals surface area contributed by atoms with Gasteiger partial charge in [0.05, 0.1) is 11.1 Å². The van der Waals surface area contributed by atoms with Crippen molar-refractivity contribution < 1.29 is 14.3 Å². The first-order valence-electron chi connectivity index (χ1n) is 4.58. The van der Waals surface area contributed by atoms with Gasteiger partial charge in [-0.05, 0) is 24.7 Å². The van der Waals surface area contributed by atoms with E-state index >= 15 is 0 Å². The van der Waals surface area contributed by atoms with Gasteiger partial charge < -0.3 is 16.2 Å². The molecule has 1 rings (SSSR count). The summed E-state index contributed by atoms with van der Waals surface area (Å²) < 4.78 is 12.9. The number of nitrogens with two attached hydrogens (primary N) is 1. The molecule has 6 heteroatoms. The van der Waals surface area contributed by atoms with Gasteiger partial charge in [-0.25, -0.2) is 4.39 Å². The van der Waals surface area contributed by atoms with Crippen molar-refractivity contribution in [1.82, 2.24) is 5.32 Å². The Morgan fingerprint density at radius 1 is 1.62 bits per heavy atom. The monoisotopic (exact) mass is 246 g/mol. The van der Waals surface area contributed by atoms with E-state index in [4.69, 9.17) is 22.4 Å². The highest BCUT2D eigenvalue weighted by Gasteiger charge is 2.24. The average Bonchev–Trinajstić information content (AvgIpc) is 2.24. The lowest BCUT2D eigenvalue weighted by molar-refractivity contribution is -0.139. The van der Waals surface area contributed by atoms with E-state index in [9.17, 15) is 9.18 Å². The lowest BCUT2D eigenvalue weighted by Crippen LogP contribution is -2.42. The van der Waals surface area contributed by atoms with E-state index in [-0.39, 0.29) is 5.02 Å². The van der Waals surface area contributed by atoms with Gasteiger partial charge in [0.25, 0.3) is 0 Å². The Labute approximate surface area is 97.2 Å². The second kappa shape index (κ2) is 5.25. The fourth-order valence-electron chi connectivity index (χ4n) is 1.40. The van der Waals surface area contributed by atoms with Gasteiger partial charge >= 0.3 is 5.97 Å². The van der Waals surface area contributed by atoms with E-state index in [1.165, 1.54) is 18.2 Å². The summed E-state index contributed by atoms with van der Waals surface area (Å²) >= 11 is 5.61. The zero-order valence-electron chi connectivity index (χ0n) is 8.58. The van der Waals surface area contributed by atoms with Crippen LogP contribution in [-0.4, -0.2) is 24.2 Å². The van der Waals surface area contributed by atoms with Gasteiger partial charge in [0.2, 0.25) is 0 Å². The lowest BCUT2D eigenvalue weighted by atomic mass is 10.00. The summed E-state index contributed by atoms with van der Waals surface area (Å²) in [5, 5.41) is 11.5. The van der Waals surface area contributed by atoms with Gasteiger partial charge in [-0.1, -0.05) is 17.7 Å². The maximum absolute atomic E-state index is 12.9. The maximum atomic E-state index is 12.9. The van der Waals surface area contributed by atoms with Crippen LogP contribution in [-0.2, 0) is 4.79 Å². The van der Waals surface area contributed by atoms with Crippen molar-refractivity contribution in [3.63, 3.8) is 0 Å². The molecule has 0 saturated carbocycles.